The molecule has 0 bridgehead atoms. The molecule has 102 valence electrons. The van der Waals surface area contributed by atoms with Crippen LogP contribution in [0.1, 0.15) is 47.5 Å². The SMILES string of the molecule is O=C(CC1CSCCN1)c1ccccc1C1CCC1. The summed E-state index contributed by atoms with van der Waals surface area (Å²) in [5, 5.41) is 3.45. The Bertz CT molecular complexity index is 450. The van der Waals surface area contributed by atoms with Gasteiger partial charge in [0.1, 0.15) is 0 Å². The van der Waals surface area contributed by atoms with Crippen LogP contribution in [-0.2, 0) is 0 Å². The molecule has 1 aromatic carbocycles. The van der Waals surface area contributed by atoms with E-state index in [9.17, 15) is 4.79 Å². The van der Waals surface area contributed by atoms with Gasteiger partial charge in [-0.15, -0.1) is 0 Å². The molecule has 2 fully saturated rings. The first-order valence-electron chi connectivity index (χ1n) is 7.28. The van der Waals surface area contributed by atoms with Crippen LogP contribution in [0.15, 0.2) is 24.3 Å². The number of rotatable bonds is 4. The topological polar surface area (TPSA) is 29.1 Å². The molecular weight excluding hydrogens is 254 g/mol. The molecule has 2 aliphatic rings. The van der Waals surface area contributed by atoms with Gasteiger partial charge in [0.2, 0.25) is 0 Å². The second-order valence-corrected chi connectivity index (χ2v) is 6.72. The molecule has 3 heteroatoms. The predicted octanol–water partition coefficient (Wildman–Crippen LogP) is 3.23. The summed E-state index contributed by atoms with van der Waals surface area (Å²) in [7, 11) is 0. The minimum absolute atomic E-state index is 0.322. The number of Topliss-reactive ketones (excluding diaryl/α,β-unsaturated/α-hetero) is 1. The van der Waals surface area contributed by atoms with E-state index in [1.54, 1.807) is 0 Å². The molecule has 1 heterocycles. The number of hydrogen-bond acceptors (Lipinski definition) is 3. The molecule has 0 amide bonds. The number of nitrogens with one attached hydrogen (secondary N) is 1. The zero-order valence-electron chi connectivity index (χ0n) is 11.2. The van der Waals surface area contributed by atoms with Crippen LogP contribution in [0.5, 0.6) is 0 Å². The number of ketones is 1. The van der Waals surface area contributed by atoms with Crippen molar-refractivity contribution in [3.8, 4) is 0 Å². The van der Waals surface area contributed by atoms with Crippen molar-refractivity contribution in [2.45, 2.75) is 37.6 Å². The Hall–Kier alpha value is -0.800. The lowest BCUT2D eigenvalue weighted by Crippen LogP contribution is -2.39. The van der Waals surface area contributed by atoms with E-state index in [1.807, 2.05) is 23.9 Å². The highest BCUT2D eigenvalue weighted by atomic mass is 32.2. The van der Waals surface area contributed by atoms with Crippen LogP contribution in [0.2, 0.25) is 0 Å². The number of carbonyl (C=O) groups is 1. The van der Waals surface area contributed by atoms with Gasteiger partial charge in [0.15, 0.2) is 5.78 Å². The summed E-state index contributed by atoms with van der Waals surface area (Å²) in [6.45, 7) is 1.03. The fraction of sp³-hybridized carbons (Fsp3) is 0.562. The van der Waals surface area contributed by atoms with Gasteiger partial charge < -0.3 is 5.32 Å². The molecule has 1 aliphatic heterocycles. The van der Waals surface area contributed by atoms with Crippen LogP contribution in [-0.4, -0.2) is 29.9 Å². The van der Waals surface area contributed by atoms with Crippen LogP contribution in [0.4, 0.5) is 0 Å². The van der Waals surface area contributed by atoms with E-state index in [2.05, 4.69) is 17.4 Å². The third kappa shape index (κ3) is 3.03. The second kappa shape index (κ2) is 6.10. The molecule has 1 aromatic rings. The highest BCUT2D eigenvalue weighted by Crippen LogP contribution is 2.38. The molecule has 2 nitrogen and oxygen atoms in total. The minimum atomic E-state index is 0.322. The lowest BCUT2D eigenvalue weighted by Gasteiger charge is -2.28. The van der Waals surface area contributed by atoms with Crippen LogP contribution < -0.4 is 5.32 Å². The molecule has 3 rings (SSSR count). The molecule has 0 spiro atoms. The zero-order valence-corrected chi connectivity index (χ0v) is 12.0. The van der Waals surface area contributed by atoms with Gasteiger partial charge in [-0.25, -0.2) is 0 Å². The van der Waals surface area contributed by atoms with E-state index in [1.165, 1.54) is 30.6 Å². The maximum absolute atomic E-state index is 12.5. The largest absolute Gasteiger partial charge is 0.312 e. The van der Waals surface area contributed by atoms with E-state index in [-0.39, 0.29) is 0 Å². The Morgan fingerprint density at radius 3 is 2.84 bits per heavy atom. The first-order valence-corrected chi connectivity index (χ1v) is 8.43. The summed E-state index contributed by atoms with van der Waals surface area (Å²) in [5.41, 5.74) is 2.27. The lowest BCUT2D eigenvalue weighted by atomic mass is 9.77. The fourth-order valence-electron chi connectivity index (χ4n) is 2.91. The van der Waals surface area contributed by atoms with Crippen molar-refractivity contribution < 1.29 is 4.79 Å². The summed E-state index contributed by atoms with van der Waals surface area (Å²) < 4.78 is 0. The van der Waals surface area contributed by atoms with Gasteiger partial charge in [0.25, 0.3) is 0 Å². The maximum atomic E-state index is 12.5. The van der Waals surface area contributed by atoms with Crippen LogP contribution in [0.3, 0.4) is 0 Å². The van der Waals surface area contributed by atoms with Gasteiger partial charge in [-0.2, -0.15) is 11.8 Å². The molecule has 1 saturated heterocycles. The van der Waals surface area contributed by atoms with Gasteiger partial charge in [0, 0.05) is 36.1 Å². The Kier molecular flexibility index (Phi) is 4.24. The number of hydrogen-bond donors (Lipinski definition) is 1. The maximum Gasteiger partial charge on any atom is 0.164 e. The van der Waals surface area contributed by atoms with Crippen molar-refractivity contribution in [2.75, 3.05) is 18.1 Å². The number of carbonyl (C=O) groups excluding carboxylic acids is 1. The Balaban J connectivity index is 1.71. The highest BCUT2D eigenvalue weighted by Gasteiger charge is 2.25. The number of benzene rings is 1. The highest BCUT2D eigenvalue weighted by molar-refractivity contribution is 7.99. The molecule has 0 aromatic heterocycles. The van der Waals surface area contributed by atoms with Crippen molar-refractivity contribution in [1.82, 2.24) is 5.32 Å². The first kappa shape index (κ1) is 13.2. The van der Waals surface area contributed by atoms with Crippen LogP contribution in [0, 0.1) is 0 Å². The lowest BCUT2D eigenvalue weighted by molar-refractivity contribution is 0.0970. The molecule has 1 saturated carbocycles. The van der Waals surface area contributed by atoms with Crippen molar-refractivity contribution >= 4 is 17.5 Å². The first-order chi connectivity index (χ1) is 9.34. The summed E-state index contributed by atoms with van der Waals surface area (Å²) in [5.74, 6) is 3.19. The minimum Gasteiger partial charge on any atom is -0.312 e. The molecule has 1 aliphatic carbocycles. The average molecular weight is 275 g/mol. The zero-order chi connectivity index (χ0) is 13.1. The monoisotopic (exact) mass is 275 g/mol. The van der Waals surface area contributed by atoms with E-state index < -0.39 is 0 Å². The standard InChI is InChI=1S/C16H21NOS/c18-16(10-13-11-19-9-8-17-13)15-7-2-1-6-14(15)12-4-3-5-12/h1-2,6-7,12-13,17H,3-5,8-11H2. The summed E-state index contributed by atoms with van der Waals surface area (Å²) >= 11 is 1.95. The summed E-state index contributed by atoms with van der Waals surface area (Å²) in [4.78, 5) is 12.5. The smallest absolute Gasteiger partial charge is 0.164 e. The fourth-order valence-corrected chi connectivity index (χ4v) is 3.86. The van der Waals surface area contributed by atoms with E-state index in [4.69, 9.17) is 0 Å². The molecule has 1 N–H and O–H groups in total. The average Bonchev–Trinajstić information content (AvgIpc) is 2.38. The third-order valence-corrected chi connectivity index (χ3v) is 5.37. The second-order valence-electron chi connectivity index (χ2n) is 5.57. The summed E-state index contributed by atoms with van der Waals surface area (Å²) in [6, 6.07) is 8.60. The van der Waals surface area contributed by atoms with Gasteiger partial charge in [-0.1, -0.05) is 30.7 Å². The van der Waals surface area contributed by atoms with E-state index >= 15 is 0 Å². The summed E-state index contributed by atoms with van der Waals surface area (Å²) in [6.07, 6.45) is 4.47. The molecule has 0 radical (unpaired) electrons. The normalized spacial score (nSPS) is 23.9. The van der Waals surface area contributed by atoms with Gasteiger partial charge >= 0.3 is 0 Å². The number of thioether (sulfide) groups is 1. The van der Waals surface area contributed by atoms with Gasteiger partial charge in [-0.3, -0.25) is 4.79 Å². The van der Waals surface area contributed by atoms with Gasteiger partial charge in [0.05, 0.1) is 0 Å². The van der Waals surface area contributed by atoms with Crippen molar-refractivity contribution in [3.05, 3.63) is 35.4 Å². The predicted molar refractivity (Wildman–Crippen MR) is 81.1 cm³/mol. The quantitative estimate of drug-likeness (QED) is 0.855. The molecule has 1 atom stereocenters. The molecule has 1 unspecified atom stereocenters. The van der Waals surface area contributed by atoms with E-state index in [0.717, 1.165) is 17.9 Å². The Labute approximate surface area is 119 Å². The Morgan fingerprint density at radius 2 is 2.16 bits per heavy atom. The van der Waals surface area contributed by atoms with Crippen molar-refractivity contribution in [1.29, 1.82) is 0 Å². The van der Waals surface area contributed by atoms with Crippen molar-refractivity contribution in [3.63, 3.8) is 0 Å². The van der Waals surface area contributed by atoms with Crippen molar-refractivity contribution in [2.24, 2.45) is 0 Å². The van der Waals surface area contributed by atoms with Crippen LogP contribution in [0.25, 0.3) is 0 Å². The van der Waals surface area contributed by atoms with Gasteiger partial charge in [-0.05, 0) is 24.3 Å². The van der Waals surface area contributed by atoms with Crippen LogP contribution >= 0.6 is 11.8 Å². The Morgan fingerprint density at radius 1 is 1.32 bits per heavy atom. The molecular formula is C16H21NOS. The third-order valence-electron chi connectivity index (χ3n) is 4.24. The van der Waals surface area contributed by atoms with E-state index in [0.29, 0.717) is 24.2 Å². The molecule has 19 heavy (non-hydrogen) atoms.